The molecule has 160 valence electrons. The van der Waals surface area contributed by atoms with Crippen LogP contribution in [0.4, 0.5) is 10.6 Å². The highest BCUT2D eigenvalue weighted by molar-refractivity contribution is 5.98. The van der Waals surface area contributed by atoms with Crippen molar-refractivity contribution in [1.29, 1.82) is 0 Å². The summed E-state index contributed by atoms with van der Waals surface area (Å²) >= 11 is 0. The molecule has 2 amide bonds. The third kappa shape index (κ3) is 5.29. The number of hydrogen-bond acceptors (Lipinski definition) is 4. The van der Waals surface area contributed by atoms with Crippen LogP contribution >= 0.6 is 0 Å². The van der Waals surface area contributed by atoms with E-state index in [1.165, 1.54) is 5.39 Å². The van der Waals surface area contributed by atoms with Crippen molar-refractivity contribution in [2.45, 2.75) is 19.5 Å². The zero-order chi connectivity index (χ0) is 22.3. The molecular formula is C26H24N4O2. The third-order valence-corrected chi connectivity index (χ3v) is 5.27. The number of urea groups is 1. The largest absolute Gasteiger partial charge is 0.383 e. The number of hydrogen-bond donors (Lipinski definition) is 3. The van der Waals surface area contributed by atoms with Crippen LogP contribution in [-0.2, 0) is 19.5 Å². The summed E-state index contributed by atoms with van der Waals surface area (Å²) < 4.78 is 0. The lowest BCUT2D eigenvalue weighted by atomic mass is 10.0. The maximum absolute atomic E-state index is 12.5. The van der Waals surface area contributed by atoms with Gasteiger partial charge in [-0.15, -0.1) is 0 Å². The van der Waals surface area contributed by atoms with Crippen LogP contribution in [0.5, 0.6) is 0 Å². The van der Waals surface area contributed by atoms with Gasteiger partial charge in [-0.05, 0) is 34.0 Å². The van der Waals surface area contributed by atoms with E-state index in [0.717, 1.165) is 16.5 Å². The minimum absolute atomic E-state index is 0.0302. The Morgan fingerprint density at radius 2 is 1.47 bits per heavy atom. The molecule has 4 aromatic rings. The number of ketones is 1. The number of nitrogen functional groups attached to an aromatic ring is 1. The number of benzene rings is 3. The lowest BCUT2D eigenvalue weighted by Crippen LogP contribution is -2.34. The van der Waals surface area contributed by atoms with Gasteiger partial charge in [0.05, 0.1) is 0 Å². The first-order valence-electron chi connectivity index (χ1n) is 10.4. The molecule has 1 heterocycles. The Kier molecular flexibility index (Phi) is 6.41. The molecule has 0 unspecified atom stereocenters. The highest BCUT2D eigenvalue weighted by Crippen LogP contribution is 2.16. The van der Waals surface area contributed by atoms with E-state index < -0.39 is 0 Å². The molecule has 0 atom stereocenters. The molecule has 6 nitrogen and oxygen atoms in total. The summed E-state index contributed by atoms with van der Waals surface area (Å²) in [7, 11) is 0. The number of fused-ring (bicyclic) bond motifs is 1. The molecule has 0 spiro atoms. The molecule has 0 aliphatic carbocycles. The molecule has 32 heavy (non-hydrogen) atoms. The summed E-state index contributed by atoms with van der Waals surface area (Å²) in [5, 5.41) is 8.04. The second-order valence-corrected chi connectivity index (χ2v) is 7.56. The molecule has 0 radical (unpaired) electrons. The van der Waals surface area contributed by atoms with Crippen LogP contribution in [0.3, 0.4) is 0 Å². The van der Waals surface area contributed by atoms with Crippen LogP contribution in [0.1, 0.15) is 27.0 Å². The van der Waals surface area contributed by atoms with Crippen LogP contribution < -0.4 is 16.4 Å². The van der Waals surface area contributed by atoms with Crippen LogP contribution in [0.25, 0.3) is 10.8 Å². The number of rotatable bonds is 7. The zero-order valence-electron chi connectivity index (χ0n) is 17.5. The second kappa shape index (κ2) is 9.75. The Morgan fingerprint density at radius 3 is 2.22 bits per heavy atom. The average molecular weight is 425 g/mol. The average Bonchev–Trinajstić information content (AvgIpc) is 2.83. The molecular weight excluding hydrogens is 400 g/mol. The number of carbonyl (C=O) groups excluding carboxylic acids is 2. The number of amides is 2. The Bertz CT molecular complexity index is 1250. The molecule has 0 bridgehead atoms. The Hall–Kier alpha value is -4.19. The van der Waals surface area contributed by atoms with Crippen molar-refractivity contribution in [3.8, 4) is 0 Å². The van der Waals surface area contributed by atoms with Gasteiger partial charge in [0.1, 0.15) is 5.82 Å². The van der Waals surface area contributed by atoms with Crippen molar-refractivity contribution in [3.63, 3.8) is 0 Å². The summed E-state index contributed by atoms with van der Waals surface area (Å²) in [5.74, 6) is 0.341. The number of aromatic nitrogens is 1. The fourth-order valence-corrected chi connectivity index (χ4v) is 3.46. The summed E-state index contributed by atoms with van der Waals surface area (Å²) in [6.07, 6.45) is 1.80. The van der Waals surface area contributed by atoms with E-state index >= 15 is 0 Å². The fraction of sp³-hybridized carbons (Fsp3) is 0.115. The zero-order valence-corrected chi connectivity index (χ0v) is 17.5. The Labute approximate surface area is 186 Å². The Morgan fingerprint density at radius 1 is 0.781 bits per heavy atom. The van der Waals surface area contributed by atoms with E-state index in [0.29, 0.717) is 30.0 Å². The standard InChI is InChI=1S/C26H24N4O2/c27-25-23(6-3-13-28-25)15-24(31)21-11-7-18(8-12-21)16-29-26(32)30-17-19-9-10-20-4-1-2-5-22(20)14-19/h1-14H,15-17H2,(H2,27,28)(H2,29,30,32). The molecule has 0 fully saturated rings. The van der Waals surface area contributed by atoms with E-state index in [1.54, 1.807) is 30.5 Å². The van der Waals surface area contributed by atoms with Gasteiger partial charge in [0, 0.05) is 36.8 Å². The summed E-state index contributed by atoms with van der Waals surface area (Å²) in [4.78, 5) is 28.7. The van der Waals surface area contributed by atoms with Gasteiger partial charge in [0.2, 0.25) is 0 Å². The van der Waals surface area contributed by atoms with Gasteiger partial charge in [-0.1, -0.05) is 66.7 Å². The smallest absolute Gasteiger partial charge is 0.315 e. The van der Waals surface area contributed by atoms with E-state index in [1.807, 2.05) is 30.3 Å². The van der Waals surface area contributed by atoms with Gasteiger partial charge < -0.3 is 16.4 Å². The van der Waals surface area contributed by atoms with Gasteiger partial charge in [-0.2, -0.15) is 0 Å². The topological polar surface area (TPSA) is 97.1 Å². The van der Waals surface area contributed by atoms with E-state index in [-0.39, 0.29) is 18.2 Å². The van der Waals surface area contributed by atoms with Crippen molar-refractivity contribution in [2.24, 2.45) is 0 Å². The number of nitrogens with two attached hydrogens (primary N) is 1. The number of pyridine rings is 1. The number of nitrogens with zero attached hydrogens (tertiary/aromatic N) is 1. The first kappa shape index (κ1) is 21.1. The summed E-state index contributed by atoms with van der Waals surface area (Å²) in [5.41, 5.74) is 9.07. The quantitative estimate of drug-likeness (QED) is 0.387. The van der Waals surface area contributed by atoms with Crippen molar-refractivity contribution in [3.05, 3.63) is 107 Å². The highest BCUT2D eigenvalue weighted by atomic mass is 16.2. The highest BCUT2D eigenvalue weighted by Gasteiger charge is 2.10. The van der Waals surface area contributed by atoms with Crippen LogP contribution in [0.15, 0.2) is 85.1 Å². The number of carbonyl (C=O) groups is 2. The first-order valence-corrected chi connectivity index (χ1v) is 10.4. The van der Waals surface area contributed by atoms with E-state index in [9.17, 15) is 9.59 Å². The molecule has 4 rings (SSSR count). The van der Waals surface area contributed by atoms with Gasteiger partial charge in [-0.25, -0.2) is 9.78 Å². The predicted octanol–water partition coefficient (Wildman–Crippen LogP) is 4.24. The van der Waals surface area contributed by atoms with Gasteiger partial charge in [0.15, 0.2) is 5.78 Å². The van der Waals surface area contributed by atoms with Gasteiger partial charge in [0.25, 0.3) is 0 Å². The maximum atomic E-state index is 12.5. The van der Waals surface area contributed by atoms with Crippen molar-refractivity contribution < 1.29 is 9.59 Å². The van der Waals surface area contributed by atoms with Crippen LogP contribution in [-0.4, -0.2) is 16.8 Å². The monoisotopic (exact) mass is 424 g/mol. The fourth-order valence-electron chi connectivity index (χ4n) is 3.46. The lowest BCUT2D eigenvalue weighted by molar-refractivity contribution is 0.0993. The van der Waals surface area contributed by atoms with Crippen molar-refractivity contribution in [1.82, 2.24) is 15.6 Å². The van der Waals surface area contributed by atoms with Gasteiger partial charge >= 0.3 is 6.03 Å². The minimum atomic E-state index is -0.245. The normalized spacial score (nSPS) is 10.6. The van der Waals surface area contributed by atoms with E-state index in [2.05, 4.69) is 39.9 Å². The summed E-state index contributed by atoms with van der Waals surface area (Å²) in [6.45, 7) is 0.815. The molecule has 0 saturated heterocycles. The maximum Gasteiger partial charge on any atom is 0.315 e. The third-order valence-electron chi connectivity index (χ3n) is 5.27. The lowest BCUT2D eigenvalue weighted by Gasteiger charge is -2.09. The van der Waals surface area contributed by atoms with Gasteiger partial charge in [-0.3, -0.25) is 4.79 Å². The van der Waals surface area contributed by atoms with Crippen LogP contribution in [0, 0.1) is 0 Å². The number of Topliss-reactive ketones (excluding diaryl/α,β-unsaturated/α-hetero) is 1. The summed E-state index contributed by atoms with van der Waals surface area (Å²) in [6, 6.07) is 24.8. The molecule has 0 aliphatic heterocycles. The molecule has 0 aliphatic rings. The van der Waals surface area contributed by atoms with Crippen molar-refractivity contribution >= 4 is 28.4 Å². The predicted molar refractivity (Wildman–Crippen MR) is 126 cm³/mol. The van der Waals surface area contributed by atoms with Crippen molar-refractivity contribution in [2.75, 3.05) is 5.73 Å². The molecule has 1 aromatic heterocycles. The molecule has 3 aromatic carbocycles. The minimum Gasteiger partial charge on any atom is -0.383 e. The van der Waals surface area contributed by atoms with E-state index in [4.69, 9.17) is 5.73 Å². The molecule has 4 N–H and O–H groups in total. The first-order chi connectivity index (χ1) is 15.6. The SMILES string of the molecule is Nc1ncccc1CC(=O)c1ccc(CNC(=O)NCc2ccc3ccccc3c2)cc1. The van der Waals surface area contributed by atoms with Crippen LogP contribution in [0.2, 0.25) is 0 Å². The molecule has 0 saturated carbocycles. The second-order valence-electron chi connectivity index (χ2n) is 7.56. The molecule has 6 heteroatoms. The number of anilines is 1. The Balaban J connectivity index is 1.26. The number of nitrogens with one attached hydrogen (secondary N) is 2.